The predicted octanol–water partition coefficient (Wildman–Crippen LogP) is 4.73. The number of ether oxygens (including phenoxy) is 1. The topological polar surface area (TPSA) is 128 Å². The van der Waals surface area contributed by atoms with Crippen molar-refractivity contribution in [2.75, 3.05) is 12.4 Å². The van der Waals surface area contributed by atoms with Gasteiger partial charge in [0.2, 0.25) is 5.91 Å². The number of hydrogen-bond donors (Lipinski definition) is 5. The number of alkyl carbamates (subject to hydrolysis) is 1. The largest absolute Gasteiger partial charge is 0.444 e. The highest BCUT2D eigenvalue weighted by Crippen LogP contribution is 2.32. The summed E-state index contributed by atoms with van der Waals surface area (Å²) in [7, 11) is 0. The zero-order valence-corrected chi connectivity index (χ0v) is 27.1. The molecule has 1 aliphatic rings. The Balaban J connectivity index is 1.55. The number of carbonyl (C=O) groups excluding carboxylic acids is 2. The van der Waals surface area contributed by atoms with Crippen molar-refractivity contribution < 1.29 is 29.6 Å². The number of fused-ring (bicyclic) bond motifs is 1. The molecule has 5 N–H and O–H groups in total. The van der Waals surface area contributed by atoms with Crippen LogP contribution in [0.25, 0.3) is 0 Å². The molecule has 8 nitrogen and oxygen atoms in total. The predicted molar refractivity (Wildman–Crippen MR) is 178 cm³/mol. The van der Waals surface area contributed by atoms with Crippen molar-refractivity contribution in [3.05, 3.63) is 107 Å². The molecule has 1 aliphatic carbocycles. The van der Waals surface area contributed by atoms with E-state index < -0.39 is 41.9 Å². The fourth-order valence-electron chi connectivity index (χ4n) is 5.68. The maximum absolute atomic E-state index is 14.0. The monoisotopic (exact) mass is 634 g/mol. The molecule has 0 unspecified atom stereocenters. The Labute approximate surface area is 270 Å². The second-order valence-corrected chi connectivity index (χ2v) is 13.8. The minimum Gasteiger partial charge on any atom is -0.444 e. The smallest absolute Gasteiger partial charge is 0.407 e. The third kappa shape index (κ3) is 10.6. The van der Waals surface area contributed by atoms with E-state index in [1.807, 2.05) is 78.9 Å². The van der Waals surface area contributed by atoms with Crippen molar-refractivity contribution in [2.24, 2.45) is 5.92 Å². The number of aliphatic hydroxyl groups excluding tert-OH is 3. The van der Waals surface area contributed by atoms with E-state index in [-0.39, 0.29) is 18.9 Å². The highest BCUT2D eigenvalue weighted by molar-refractivity contribution is 7.98. The van der Waals surface area contributed by atoms with Crippen molar-refractivity contribution in [2.45, 2.75) is 82.1 Å². The molecule has 3 aromatic carbocycles. The molecule has 9 heteroatoms. The molecule has 2 amide bonds. The highest BCUT2D eigenvalue weighted by atomic mass is 32.2. The van der Waals surface area contributed by atoms with E-state index in [0.717, 1.165) is 33.6 Å². The number of rotatable bonds is 14. The molecule has 0 saturated heterocycles. The first kappa shape index (κ1) is 34.5. The van der Waals surface area contributed by atoms with Gasteiger partial charge in [0.25, 0.3) is 0 Å². The van der Waals surface area contributed by atoms with Crippen LogP contribution >= 0.6 is 11.8 Å². The molecule has 0 spiro atoms. The van der Waals surface area contributed by atoms with Gasteiger partial charge >= 0.3 is 6.09 Å². The first-order valence-corrected chi connectivity index (χ1v) is 16.7. The summed E-state index contributed by atoms with van der Waals surface area (Å²) in [6.07, 6.45) is -1.19. The van der Waals surface area contributed by atoms with Crippen LogP contribution in [-0.2, 0) is 34.5 Å². The summed E-state index contributed by atoms with van der Waals surface area (Å²) in [5, 5.41) is 37.5. The fraction of sp³-hybridized carbons (Fsp3) is 0.444. The Morgan fingerprint density at radius 3 is 2.27 bits per heavy atom. The lowest BCUT2D eigenvalue weighted by atomic mass is 9.88. The Kier molecular flexibility index (Phi) is 12.5. The zero-order valence-electron chi connectivity index (χ0n) is 26.3. The van der Waals surface area contributed by atoms with Crippen LogP contribution < -0.4 is 10.6 Å². The Morgan fingerprint density at radius 1 is 0.933 bits per heavy atom. The minimum absolute atomic E-state index is 0.0810. The van der Waals surface area contributed by atoms with Gasteiger partial charge in [-0.05, 0) is 67.9 Å². The average molecular weight is 635 g/mol. The fourth-order valence-corrected chi connectivity index (χ4v) is 6.38. The second kappa shape index (κ2) is 16.3. The van der Waals surface area contributed by atoms with Crippen molar-refractivity contribution in [3.63, 3.8) is 0 Å². The number of benzene rings is 3. The Bertz CT molecular complexity index is 1380. The van der Waals surface area contributed by atoms with Crippen LogP contribution in [0.3, 0.4) is 0 Å². The molecule has 45 heavy (non-hydrogen) atoms. The lowest BCUT2D eigenvalue weighted by molar-refractivity contribution is -0.127. The number of hydrogen-bond acceptors (Lipinski definition) is 7. The van der Waals surface area contributed by atoms with E-state index in [1.54, 1.807) is 32.5 Å². The molecular formula is C36H46N2O6S. The molecule has 0 fully saturated rings. The van der Waals surface area contributed by atoms with Gasteiger partial charge in [-0.15, -0.1) is 0 Å². The van der Waals surface area contributed by atoms with Crippen LogP contribution in [0.15, 0.2) is 78.9 Å². The SMILES string of the molecule is CC(C)(C)OC(=O)N[C@@H](Cc1ccccc1)[C@@H](O)C[C@@H](Cc1ccc(CSCCO)cc1)C(=O)N[C@H]1c2ccccc2C[C@H]1O. The average Bonchev–Trinajstić information content (AvgIpc) is 3.31. The molecule has 0 aromatic heterocycles. The highest BCUT2D eigenvalue weighted by Gasteiger charge is 2.35. The van der Waals surface area contributed by atoms with Gasteiger partial charge in [-0.2, -0.15) is 11.8 Å². The van der Waals surface area contributed by atoms with Gasteiger partial charge in [0.1, 0.15) is 5.60 Å². The van der Waals surface area contributed by atoms with Gasteiger partial charge in [-0.1, -0.05) is 78.9 Å². The van der Waals surface area contributed by atoms with Gasteiger partial charge in [0, 0.05) is 23.8 Å². The third-order valence-electron chi connectivity index (χ3n) is 7.87. The van der Waals surface area contributed by atoms with Gasteiger partial charge in [0.15, 0.2) is 0 Å². The number of nitrogens with one attached hydrogen (secondary N) is 2. The maximum atomic E-state index is 14.0. The Morgan fingerprint density at radius 2 is 1.58 bits per heavy atom. The molecule has 0 saturated carbocycles. The summed E-state index contributed by atoms with van der Waals surface area (Å²) in [6, 6.07) is 24.0. The van der Waals surface area contributed by atoms with Gasteiger partial charge in [0.05, 0.1) is 30.9 Å². The van der Waals surface area contributed by atoms with Crippen LogP contribution in [0.5, 0.6) is 0 Å². The third-order valence-corrected chi connectivity index (χ3v) is 8.88. The summed E-state index contributed by atoms with van der Waals surface area (Å²) in [5.74, 6) is 0.529. The maximum Gasteiger partial charge on any atom is 0.407 e. The van der Waals surface area contributed by atoms with Crippen LogP contribution in [-0.4, -0.2) is 63.5 Å². The van der Waals surface area contributed by atoms with E-state index in [4.69, 9.17) is 9.84 Å². The summed E-state index contributed by atoms with van der Waals surface area (Å²) in [5.41, 5.74) is 4.18. The molecule has 0 bridgehead atoms. The normalized spacial score (nSPS) is 18.0. The van der Waals surface area contributed by atoms with Crippen molar-refractivity contribution in [1.29, 1.82) is 0 Å². The van der Waals surface area contributed by atoms with Crippen molar-refractivity contribution >= 4 is 23.8 Å². The molecule has 5 atom stereocenters. The van der Waals surface area contributed by atoms with Crippen LogP contribution in [0.2, 0.25) is 0 Å². The van der Waals surface area contributed by atoms with Gasteiger partial charge in [-0.25, -0.2) is 4.79 Å². The number of thioether (sulfide) groups is 1. The summed E-state index contributed by atoms with van der Waals surface area (Å²) in [6.45, 7) is 5.47. The zero-order chi connectivity index (χ0) is 32.4. The lowest BCUT2D eigenvalue weighted by Gasteiger charge is -2.30. The van der Waals surface area contributed by atoms with E-state index in [0.29, 0.717) is 25.0 Å². The molecule has 4 rings (SSSR count). The summed E-state index contributed by atoms with van der Waals surface area (Å²) >= 11 is 1.65. The van der Waals surface area contributed by atoms with Gasteiger partial charge in [-0.3, -0.25) is 4.79 Å². The van der Waals surface area contributed by atoms with Crippen LogP contribution in [0.4, 0.5) is 4.79 Å². The summed E-state index contributed by atoms with van der Waals surface area (Å²) < 4.78 is 5.50. The number of aliphatic hydroxyl groups is 3. The van der Waals surface area contributed by atoms with E-state index in [1.165, 1.54) is 0 Å². The molecule has 242 valence electrons. The number of carbonyl (C=O) groups is 2. The minimum atomic E-state index is -1.07. The lowest BCUT2D eigenvalue weighted by Crippen LogP contribution is -2.48. The number of amides is 2. The van der Waals surface area contributed by atoms with E-state index in [9.17, 15) is 19.8 Å². The van der Waals surface area contributed by atoms with Crippen LogP contribution in [0.1, 0.15) is 61.1 Å². The van der Waals surface area contributed by atoms with Crippen molar-refractivity contribution in [3.8, 4) is 0 Å². The van der Waals surface area contributed by atoms with E-state index in [2.05, 4.69) is 10.6 Å². The molecule has 3 aromatic rings. The standard InChI is InChI=1S/C36H46N2O6S/c1-36(2,3)44-35(43)37-30(20-24-9-5-4-6-10-24)31(40)22-28(19-25-13-15-26(16-14-25)23-45-18-17-39)34(42)38-33-29-12-8-7-11-27(29)21-32(33)41/h4-16,28,30-33,39-41H,17-23H2,1-3H3,(H,37,43)(H,38,42)/t28-,30+,31+,32-,33+/m1/s1. The first-order chi connectivity index (χ1) is 21.5. The molecule has 0 aliphatic heterocycles. The van der Waals surface area contributed by atoms with Crippen LogP contribution in [0, 0.1) is 5.92 Å². The molecule has 0 heterocycles. The molecule has 0 radical (unpaired) electrons. The molecular weight excluding hydrogens is 588 g/mol. The quantitative estimate of drug-likeness (QED) is 0.162. The Hall–Kier alpha value is -3.37. The van der Waals surface area contributed by atoms with Gasteiger partial charge < -0.3 is 30.7 Å². The van der Waals surface area contributed by atoms with E-state index >= 15 is 0 Å². The first-order valence-electron chi connectivity index (χ1n) is 15.6. The second-order valence-electron chi connectivity index (χ2n) is 12.7. The summed E-state index contributed by atoms with van der Waals surface area (Å²) in [4.78, 5) is 26.8. The van der Waals surface area contributed by atoms with Crippen molar-refractivity contribution in [1.82, 2.24) is 10.6 Å².